The minimum atomic E-state index is -0.963. The number of hydrogen-bond donors (Lipinski definition) is 2. The second-order valence-electron chi connectivity index (χ2n) is 10.1. The van der Waals surface area contributed by atoms with Gasteiger partial charge in [0.25, 0.3) is 0 Å². The molecule has 6 rings (SSSR count). The summed E-state index contributed by atoms with van der Waals surface area (Å²) in [6.07, 6.45) is 9.90. The number of ether oxygens (including phenoxy) is 2. The number of aromatic amines is 1. The lowest BCUT2D eigenvalue weighted by atomic mass is 9.92. The Bertz CT molecular complexity index is 1420. The average Bonchev–Trinajstić information content (AvgIpc) is 3.34. The summed E-state index contributed by atoms with van der Waals surface area (Å²) in [6.45, 7) is 4.52. The minimum absolute atomic E-state index is 0.0377. The molecule has 0 spiro atoms. The van der Waals surface area contributed by atoms with Crippen LogP contribution in [0.15, 0.2) is 42.9 Å². The van der Waals surface area contributed by atoms with E-state index >= 15 is 0 Å². The predicted molar refractivity (Wildman–Crippen MR) is 137 cm³/mol. The van der Waals surface area contributed by atoms with Crippen molar-refractivity contribution >= 4 is 22.5 Å². The Morgan fingerprint density at radius 3 is 2.89 bits per heavy atom. The molecule has 8 nitrogen and oxygen atoms in total. The molecular formula is C28H32N4O4. The standard InChI is InChI=1S/C28H32N4O4/c1-17-13-25(35-2)22(20-7-9-29-26(17)20)15-31-11-8-19(36-16-18-3-4-18)14-24(31)21-5-6-23(28(33)34)32-12-10-30-27(21)32/h5-7,9-10,12-13,18-19,24,29H,3-4,8,11,14-16H2,1-2H3,(H,33,34)/t19-,24-/m1/s1. The number of carboxylic acids is 1. The number of aromatic nitrogens is 3. The Balaban J connectivity index is 1.39. The number of imidazole rings is 1. The molecule has 0 unspecified atom stereocenters. The minimum Gasteiger partial charge on any atom is -0.496 e. The van der Waals surface area contributed by atoms with E-state index in [0.29, 0.717) is 18.1 Å². The third kappa shape index (κ3) is 4.14. The van der Waals surface area contributed by atoms with Crippen LogP contribution in [0.25, 0.3) is 16.6 Å². The Morgan fingerprint density at radius 2 is 2.11 bits per heavy atom. The summed E-state index contributed by atoms with van der Waals surface area (Å²) < 4.78 is 13.9. The zero-order valence-corrected chi connectivity index (χ0v) is 20.7. The second-order valence-corrected chi connectivity index (χ2v) is 10.1. The van der Waals surface area contributed by atoms with E-state index in [1.165, 1.54) is 18.2 Å². The van der Waals surface area contributed by atoms with Crippen LogP contribution in [0.4, 0.5) is 0 Å². The monoisotopic (exact) mass is 488 g/mol. The number of H-pyrrole nitrogens is 1. The Labute approximate surface area is 209 Å². The molecule has 2 atom stereocenters. The van der Waals surface area contributed by atoms with E-state index in [4.69, 9.17) is 9.47 Å². The number of pyridine rings is 1. The van der Waals surface area contributed by atoms with Crippen LogP contribution in [-0.2, 0) is 11.3 Å². The molecule has 2 fully saturated rings. The van der Waals surface area contributed by atoms with E-state index in [9.17, 15) is 9.90 Å². The van der Waals surface area contributed by atoms with Gasteiger partial charge in [0, 0.05) is 66.4 Å². The molecule has 1 aliphatic heterocycles. The van der Waals surface area contributed by atoms with Crippen molar-refractivity contribution in [2.45, 2.75) is 51.3 Å². The average molecular weight is 489 g/mol. The lowest BCUT2D eigenvalue weighted by molar-refractivity contribution is -0.0227. The van der Waals surface area contributed by atoms with Crippen molar-refractivity contribution < 1.29 is 19.4 Å². The van der Waals surface area contributed by atoms with Gasteiger partial charge in [0.05, 0.1) is 13.2 Å². The maximum Gasteiger partial charge on any atom is 0.352 e. The number of fused-ring (bicyclic) bond motifs is 2. The smallest absolute Gasteiger partial charge is 0.352 e. The van der Waals surface area contributed by atoms with Crippen LogP contribution in [0.5, 0.6) is 5.75 Å². The first kappa shape index (κ1) is 23.1. The molecule has 4 heterocycles. The van der Waals surface area contributed by atoms with E-state index < -0.39 is 5.97 Å². The summed E-state index contributed by atoms with van der Waals surface area (Å²) in [5, 5.41) is 10.9. The van der Waals surface area contributed by atoms with Crippen LogP contribution in [0.2, 0.25) is 0 Å². The SMILES string of the molecule is COc1cc(C)c2[nH]ccc2c1CN1CC[C@@H](OCC2CC2)C[C@@H]1c1ccc(C(=O)O)n2ccnc12. The number of nitrogens with zero attached hydrogens (tertiary/aromatic N) is 3. The molecule has 0 amide bonds. The molecule has 3 aromatic heterocycles. The summed E-state index contributed by atoms with van der Waals surface area (Å²) in [5.74, 6) is 0.640. The third-order valence-corrected chi connectivity index (χ3v) is 7.78. The number of aryl methyl sites for hydroxylation is 1. The number of rotatable bonds is 8. The van der Waals surface area contributed by atoms with E-state index in [-0.39, 0.29) is 17.8 Å². The van der Waals surface area contributed by atoms with Gasteiger partial charge in [-0.15, -0.1) is 0 Å². The number of nitrogens with one attached hydrogen (secondary N) is 1. The second kappa shape index (κ2) is 9.26. The van der Waals surface area contributed by atoms with Crippen LogP contribution in [0.1, 0.15) is 58.9 Å². The third-order valence-electron chi connectivity index (χ3n) is 7.78. The molecule has 2 aliphatic rings. The number of aromatic carboxylic acids is 1. The number of methoxy groups -OCH3 is 1. The number of piperidine rings is 1. The van der Waals surface area contributed by atoms with E-state index in [1.807, 2.05) is 12.3 Å². The van der Waals surface area contributed by atoms with Crippen molar-refractivity contribution in [2.24, 2.45) is 5.92 Å². The highest BCUT2D eigenvalue weighted by atomic mass is 16.5. The lowest BCUT2D eigenvalue weighted by Gasteiger charge is -2.40. The van der Waals surface area contributed by atoms with Crippen LogP contribution >= 0.6 is 0 Å². The van der Waals surface area contributed by atoms with Crippen molar-refractivity contribution in [3.05, 3.63) is 65.2 Å². The molecule has 1 saturated heterocycles. The van der Waals surface area contributed by atoms with Crippen LogP contribution < -0.4 is 4.74 Å². The van der Waals surface area contributed by atoms with Crippen LogP contribution in [0.3, 0.4) is 0 Å². The van der Waals surface area contributed by atoms with Crippen molar-refractivity contribution in [1.82, 2.24) is 19.3 Å². The highest BCUT2D eigenvalue weighted by Gasteiger charge is 2.34. The molecule has 0 radical (unpaired) electrons. The van der Waals surface area contributed by atoms with Gasteiger partial charge in [-0.25, -0.2) is 9.78 Å². The van der Waals surface area contributed by atoms with Gasteiger partial charge < -0.3 is 19.6 Å². The Hall–Kier alpha value is -3.36. The molecule has 1 aromatic carbocycles. The summed E-state index contributed by atoms with van der Waals surface area (Å²) >= 11 is 0. The molecule has 36 heavy (non-hydrogen) atoms. The highest BCUT2D eigenvalue weighted by Crippen LogP contribution is 2.39. The largest absolute Gasteiger partial charge is 0.496 e. The topological polar surface area (TPSA) is 92.1 Å². The molecule has 4 aromatic rings. The Morgan fingerprint density at radius 1 is 1.25 bits per heavy atom. The number of carbonyl (C=O) groups is 1. The maximum atomic E-state index is 11.8. The van der Waals surface area contributed by atoms with Crippen molar-refractivity contribution in [2.75, 3.05) is 20.3 Å². The van der Waals surface area contributed by atoms with E-state index in [2.05, 4.69) is 33.9 Å². The molecule has 1 aliphatic carbocycles. The Kier molecular flexibility index (Phi) is 5.93. The van der Waals surface area contributed by atoms with Crippen molar-refractivity contribution in [3.63, 3.8) is 0 Å². The quantitative estimate of drug-likeness (QED) is 0.364. The van der Waals surface area contributed by atoms with Crippen LogP contribution in [0, 0.1) is 12.8 Å². The summed E-state index contributed by atoms with van der Waals surface area (Å²) in [7, 11) is 1.73. The molecule has 1 saturated carbocycles. The zero-order valence-electron chi connectivity index (χ0n) is 20.7. The van der Waals surface area contributed by atoms with Gasteiger partial charge in [-0.1, -0.05) is 6.07 Å². The molecule has 8 heteroatoms. The fourth-order valence-corrected chi connectivity index (χ4v) is 5.66. The van der Waals surface area contributed by atoms with E-state index in [1.54, 1.807) is 30.0 Å². The predicted octanol–water partition coefficient (Wildman–Crippen LogP) is 4.96. The van der Waals surface area contributed by atoms with Gasteiger partial charge in [-0.3, -0.25) is 9.30 Å². The van der Waals surface area contributed by atoms with Gasteiger partial charge in [0.15, 0.2) is 0 Å². The number of benzene rings is 1. The van der Waals surface area contributed by atoms with Crippen molar-refractivity contribution in [1.29, 1.82) is 0 Å². The van der Waals surface area contributed by atoms with Gasteiger partial charge >= 0.3 is 5.97 Å². The van der Waals surface area contributed by atoms with Crippen molar-refractivity contribution in [3.8, 4) is 5.75 Å². The molecule has 2 N–H and O–H groups in total. The summed E-state index contributed by atoms with van der Waals surface area (Å²) in [5.41, 5.74) is 5.37. The van der Waals surface area contributed by atoms with Gasteiger partial charge in [-0.05, 0) is 62.3 Å². The van der Waals surface area contributed by atoms with Gasteiger partial charge in [0.2, 0.25) is 0 Å². The lowest BCUT2D eigenvalue weighted by Crippen LogP contribution is -2.40. The fourth-order valence-electron chi connectivity index (χ4n) is 5.66. The molecule has 0 bridgehead atoms. The normalized spacial score (nSPS) is 20.8. The molecular weight excluding hydrogens is 456 g/mol. The number of hydrogen-bond acceptors (Lipinski definition) is 5. The van der Waals surface area contributed by atoms with Gasteiger partial charge in [-0.2, -0.15) is 0 Å². The summed E-state index contributed by atoms with van der Waals surface area (Å²) in [6, 6.07) is 7.88. The maximum absolute atomic E-state index is 11.8. The first-order chi connectivity index (χ1) is 17.5. The van der Waals surface area contributed by atoms with E-state index in [0.717, 1.165) is 53.9 Å². The molecule has 188 valence electrons. The number of carboxylic acid groups (broad SMARTS) is 1. The van der Waals surface area contributed by atoms with Gasteiger partial charge in [0.1, 0.15) is 17.1 Å². The van der Waals surface area contributed by atoms with Crippen LogP contribution in [-0.4, -0.2) is 56.7 Å². The highest BCUT2D eigenvalue weighted by molar-refractivity contribution is 5.88. The first-order valence-corrected chi connectivity index (χ1v) is 12.7. The summed E-state index contributed by atoms with van der Waals surface area (Å²) in [4.78, 5) is 22.2. The number of likely N-dealkylation sites (tertiary alicyclic amines) is 1. The first-order valence-electron chi connectivity index (χ1n) is 12.7. The fraction of sp³-hybridized carbons (Fsp3) is 0.429. The zero-order chi connectivity index (χ0) is 24.8.